The Labute approximate surface area is 601 Å². The molecule has 0 aliphatic carbocycles. The van der Waals surface area contributed by atoms with E-state index in [4.69, 9.17) is 54.1 Å². The Morgan fingerprint density at radius 2 is 0.951 bits per heavy atom. The van der Waals surface area contributed by atoms with Crippen molar-refractivity contribution in [3.8, 4) is 11.5 Å². The lowest BCUT2D eigenvalue weighted by Gasteiger charge is -2.27. The van der Waals surface area contributed by atoms with Crippen LogP contribution in [0.3, 0.4) is 0 Å². The molecule has 5 heterocycles. The molecule has 2 amide bonds. The van der Waals surface area contributed by atoms with Gasteiger partial charge in [-0.05, 0) is 102 Å². The number of benzene rings is 4. The van der Waals surface area contributed by atoms with Crippen LogP contribution in [0.25, 0.3) is 12.2 Å². The van der Waals surface area contributed by atoms with Crippen molar-refractivity contribution in [2.45, 2.75) is 51.3 Å². The molecule has 0 saturated carbocycles. The molecule has 2 saturated heterocycles. The molecule has 2 aliphatic rings. The van der Waals surface area contributed by atoms with Crippen LogP contribution in [0.1, 0.15) is 51.3 Å². The topological polar surface area (TPSA) is 433 Å². The number of hydrogen-bond donors (Lipinski definition) is 8. The number of hydrogen-bond acceptors (Lipinski definition) is 32. The molecule has 0 atom stereocenters. The van der Waals surface area contributed by atoms with Crippen molar-refractivity contribution in [2.75, 3.05) is 165 Å². The van der Waals surface area contributed by atoms with E-state index in [1.807, 2.05) is 47.3 Å². The number of aliphatic hydroxyl groups excluding tert-OH is 2. The van der Waals surface area contributed by atoms with Gasteiger partial charge < -0.3 is 74.9 Å². The third kappa shape index (κ3) is 19.8. The van der Waals surface area contributed by atoms with Crippen LogP contribution in [0.15, 0.2) is 114 Å². The molecule has 4 aromatic carbocycles. The highest BCUT2D eigenvalue weighted by atomic mass is 32.2. The largest absolute Gasteiger partial charge is 0.494 e. The number of morpholine rings is 2. The van der Waals surface area contributed by atoms with Crippen molar-refractivity contribution in [3.63, 3.8) is 0 Å². The van der Waals surface area contributed by atoms with Gasteiger partial charge in [-0.1, -0.05) is 34.8 Å². The smallest absolute Gasteiger partial charge is 0.294 e. The van der Waals surface area contributed by atoms with Crippen LogP contribution in [0.5, 0.6) is 11.5 Å². The predicted molar refractivity (Wildman–Crippen MR) is 392 cm³/mol. The van der Waals surface area contributed by atoms with E-state index in [2.05, 4.69) is 31.5 Å². The number of nitrogens with zero attached hydrogens (tertiary/aromatic N) is 14. The minimum atomic E-state index is -4.63. The summed E-state index contributed by atoms with van der Waals surface area (Å²) in [6.45, 7) is 14.7. The number of nitrogens with one attached hydrogen (secondary N) is 4. The van der Waals surface area contributed by atoms with E-state index in [1.165, 1.54) is 64.5 Å². The number of aliphatic hydroxyl groups is 2. The lowest BCUT2D eigenvalue weighted by atomic mass is 10.1. The van der Waals surface area contributed by atoms with Crippen LogP contribution >= 0.6 is 22.7 Å². The van der Waals surface area contributed by atoms with E-state index < -0.39 is 53.4 Å². The zero-order valence-electron chi connectivity index (χ0n) is 57.5. The number of carbonyl (C=O) groups is 4. The Balaban J connectivity index is 1.13. The Morgan fingerprint density at radius 3 is 1.29 bits per heavy atom. The lowest BCUT2D eigenvalue weighted by Crippen LogP contribution is -2.36. The molecular formula is C65H78N18O16S4. The lowest BCUT2D eigenvalue weighted by molar-refractivity contribution is -0.120. The molecule has 548 valence electrons. The molecule has 103 heavy (non-hydrogen) atoms. The van der Waals surface area contributed by atoms with Gasteiger partial charge in [-0.15, -0.1) is 20.5 Å². The molecule has 3 aromatic heterocycles. The molecule has 0 bridgehead atoms. The van der Waals surface area contributed by atoms with E-state index in [9.17, 15) is 55.3 Å². The molecule has 2 fully saturated rings. The second-order valence-corrected chi connectivity index (χ2v) is 27.4. The number of Topliss-reactive ketones (excluding diaryl/α,β-unsaturated/α-hetero) is 2. The maximum atomic E-state index is 13.8. The van der Waals surface area contributed by atoms with Gasteiger partial charge in [0.2, 0.25) is 28.1 Å². The molecular weight excluding hydrogens is 1420 g/mol. The molecule has 0 spiro atoms. The van der Waals surface area contributed by atoms with Gasteiger partial charge in [0.25, 0.3) is 32.1 Å². The molecule has 8 N–H and O–H groups in total. The third-order valence-electron chi connectivity index (χ3n) is 15.9. The van der Waals surface area contributed by atoms with Gasteiger partial charge >= 0.3 is 0 Å². The number of ether oxygens (including phenoxy) is 4. The Morgan fingerprint density at radius 1 is 0.563 bits per heavy atom. The summed E-state index contributed by atoms with van der Waals surface area (Å²) in [6, 6.07) is 16.7. The SMILES string of the molecule is CCN(CC)c1cc(Nc2nc(Nc3cc(N(CC)CC)c(OC)cc3N=Nc3nc(N4CCOCC4)c(/C=C(\C(C)=O)C(=O)Nc4cccc(S(=O)(=O)O)c4)s3)nc(N(CCO)CCO)n2)c(N=Nc2nc(N3CCOCC3)c(/C=C(/C(C)=O)C(=O)Nc3cccc(S(=O)(=O)O)c3)s2)cc1OC. The maximum absolute atomic E-state index is 13.8. The number of thiazole rings is 2. The summed E-state index contributed by atoms with van der Waals surface area (Å²) in [4.78, 5) is 87.7. The summed E-state index contributed by atoms with van der Waals surface area (Å²) < 4.78 is 90.3. The molecule has 7 aromatic rings. The first-order chi connectivity index (χ1) is 49.4. The number of aromatic nitrogens is 5. The minimum Gasteiger partial charge on any atom is -0.494 e. The quantitative estimate of drug-likeness (QED) is 0.00625. The van der Waals surface area contributed by atoms with Crippen LogP contribution < -0.4 is 55.2 Å². The average molecular weight is 1500 g/mol. The van der Waals surface area contributed by atoms with E-state index in [0.29, 0.717) is 134 Å². The highest BCUT2D eigenvalue weighted by Gasteiger charge is 2.28. The summed E-state index contributed by atoms with van der Waals surface area (Å²) in [5.74, 6) is -1.55. The minimum absolute atomic E-state index is 0.00180. The Hall–Kier alpha value is -10.0. The van der Waals surface area contributed by atoms with E-state index >= 15 is 0 Å². The summed E-state index contributed by atoms with van der Waals surface area (Å²) in [5.41, 5.74) is 1.63. The number of azo groups is 2. The van der Waals surface area contributed by atoms with E-state index in [1.54, 1.807) is 29.2 Å². The van der Waals surface area contributed by atoms with Crippen LogP contribution in [0, 0.1) is 0 Å². The summed E-state index contributed by atoms with van der Waals surface area (Å²) in [7, 11) is -6.23. The normalized spacial score (nSPS) is 13.9. The first-order valence-electron chi connectivity index (χ1n) is 32.3. The highest BCUT2D eigenvalue weighted by molar-refractivity contribution is 7.86. The van der Waals surface area contributed by atoms with Crippen molar-refractivity contribution in [1.29, 1.82) is 0 Å². The zero-order valence-corrected chi connectivity index (χ0v) is 60.7. The zero-order chi connectivity index (χ0) is 74.1. The molecule has 34 nitrogen and oxygen atoms in total. The first-order valence-corrected chi connectivity index (χ1v) is 36.8. The van der Waals surface area contributed by atoms with Crippen molar-refractivity contribution in [3.05, 3.63) is 93.7 Å². The number of methoxy groups -OCH3 is 2. The number of anilines is 11. The molecule has 9 rings (SSSR count). The van der Waals surface area contributed by atoms with E-state index in [0.717, 1.165) is 46.9 Å². The van der Waals surface area contributed by atoms with Crippen molar-refractivity contribution in [2.24, 2.45) is 20.5 Å². The van der Waals surface area contributed by atoms with Crippen LogP contribution in [-0.2, 0) is 48.9 Å². The second kappa shape index (κ2) is 35.2. The molecule has 38 heteroatoms. The van der Waals surface area contributed by atoms with Crippen LogP contribution in [0.2, 0.25) is 0 Å². The second-order valence-electron chi connectivity index (χ2n) is 22.5. The van der Waals surface area contributed by atoms with Crippen molar-refractivity contribution >= 4 is 164 Å². The maximum Gasteiger partial charge on any atom is 0.294 e. The summed E-state index contributed by atoms with van der Waals surface area (Å²) in [6.07, 6.45) is 2.73. The summed E-state index contributed by atoms with van der Waals surface area (Å²) in [5, 5.41) is 51.4. The fraction of sp³-hybridized carbons (Fsp3) is 0.369. The summed E-state index contributed by atoms with van der Waals surface area (Å²) >= 11 is 2.04. The Kier molecular flexibility index (Phi) is 26.4. The predicted octanol–water partition coefficient (Wildman–Crippen LogP) is 8.99. The number of amides is 2. The van der Waals surface area contributed by atoms with Gasteiger partial charge in [-0.3, -0.25) is 28.3 Å². The fourth-order valence-electron chi connectivity index (χ4n) is 10.7. The van der Waals surface area contributed by atoms with Crippen LogP contribution in [-0.4, -0.2) is 204 Å². The number of ketones is 2. The van der Waals surface area contributed by atoms with Gasteiger partial charge in [-0.2, -0.15) is 41.8 Å². The van der Waals surface area contributed by atoms with Crippen LogP contribution in [0.4, 0.5) is 85.2 Å². The van der Waals surface area contributed by atoms with Gasteiger partial charge in [-0.25, -0.2) is 0 Å². The van der Waals surface area contributed by atoms with Gasteiger partial charge in [0.05, 0.1) is 107 Å². The van der Waals surface area contributed by atoms with Crippen molar-refractivity contribution in [1.82, 2.24) is 24.9 Å². The molecule has 0 radical (unpaired) electrons. The first kappa shape index (κ1) is 77.1. The molecule has 0 unspecified atom stereocenters. The van der Waals surface area contributed by atoms with Gasteiger partial charge in [0.1, 0.15) is 34.5 Å². The third-order valence-corrected chi connectivity index (χ3v) is 19.3. The Bertz CT molecular complexity index is 4330. The number of rotatable bonds is 33. The monoisotopic (exact) mass is 1490 g/mol. The standard InChI is InChI=1S/C65H78N18O16S4/c1-9-79(10-2)51-35-47(49(37-53(51)96-7)75-77-64-70-57(81-21-27-98-28-22-81)55(100-64)33-45(39(5)86)59(88)66-41-15-13-17-43(31-41)102(90,91)92)68-61-72-62(74-63(73-61)83(19-25-84)20-26-85)69-48-36-52(80(11-3)12-4)54(97-8)38-50(48)76-78-65-71-58(82-23-29-99-30-24-82)56(101-65)34-46(40(6)87)60(89)67-42-16-14-18-44(32-42)103(93,94)95/h13-18,31-38,84-85H,9-12,19-30H2,1-8H3,(H,66,88)(H,67,89)(H,90,91,92)(H,93,94,95)(H2,68,69,72,73,74)/b45-33-,46-34+,77-75?,78-76?. The molecule has 2 aliphatic heterocycles. The van der Waals surface area contributed by atoms with Crippen molar-refractivity contribution < 1.29 is 74.3 Å². The average Bonchev–Trinajstić information content (AvgIpc) is 1.72. The van der Waals surface area contributed by atoms with Gasteiger partial charge in [0, 0.05) is 89.0 Å². The fourth-order valence-corrected chi connectivity index (χ4v) is 13.5. The van der Waals surface area contributed by atoms with Gasteiger partial charge in [0.15, 0.2) is 11.6 Å². The highest BCUT2D eigenvalue weighted by Crippen LogP contribution is 2.45. The number of carbonyl (C=O) groups excluding carboxylic acids is 4. The van der Waals surface area contributed by atoms with E-state index in [-0.39, 0.29) is 88.3 Å².